The highest BCUT2D eigenvalue weighted by molar-refractivity contribution is 6.99. The molecule has 4 nitrogen and oxygen atoms in total. The maximum absolute atomic E-state index is 12.6. The molecule has 2 aromatic carbocycles. The average Bonchev–Trinajstić information content (AvgIpc) is 2.65. The smallest absolute Gasteiger partial charge is 0.273 e. The maximum Gasteiger partial charge on any atom is 0.273 e. The van der Waals surface area contributed by atoms with Crippen LogP contribution in [-0.2, 0) is 14.1 Å². The number of hydrogen-bond donors (Lipinski definition) is 0. The molecule has 1 atom stereocenters. The minimum atomic E-state index is -2.74. The van der Waals surface area contributed by atoms with Crippen LogP contribution in [0, 0.1) is 0 Å². The van der Waals surface area contributed by atoms with Crippen LogP contribution in [0.3, 0.4) is 0 Å². The van der Waals surface area contributed by atoms with Crippen molar-refractivity contribution in [2.24, 2.45) is 0 Å². The van der Waals surface area contributed by atoms with Gasteiger partial charge in [-0.2, -0.15) is 0 Å². The molecule has 0 aliphatic carbocycles. The zero-order chi connectivity index (χ0) is 19.4. The van der Waals surface area contributed by atoms with Crippen molar-refractivity contribution in [3.05, 3.63) is 60.7 Å². The number of nitrogens with zero attached hydrogens (tertiary/aromatic N) is 1. The topological polar surface area (TPSA) is 38.8 Å². The van der Waals surface area contributed by atoms with Gasteiger partial charge in [-0.3, -0.25) is 9.63 Å². The van der Waals surface area contributed by atoms with Gasteiger partial charge < -0.3 is 4.43 Å². The number of rotatable bonds is 6. The molecule has 2 rings (SSSR count). The van der Waals surface area contributed by atoms with E-state index in [2.05, 4.69) is 45.0 Å². The molecule has 26 heavy (non-hydrogen) atoms. The number of likely N-dealkylation sites (N-methyl/N-ethyl adjacent to an activating group) is 1. The Kier molecular flexibility index (Phi) is 6.39. The van der Waals surface area contributed by atoms with Gasteiger partial charge in [0.05, 0.1) is 7.11 Å². The average molecular weight is 372 g/mol. The van der Waals surface area contributed by atoms with E-state index in [9.17, 15) is 4.79 Å². The van der Waals surface area contributed by atoms with E-state index in [-0.39, 0.29) is 10.9 Å². The summed E-state index contributed by atoms with van der Waals surface area (Å²) in [5, 5.41) is 3.36. The molecular weight excluding hydrogens is 342 g/mol. The standard InChI is InChI=1S/C21H29NO3Si/c1-17(20(23)22(5)24-6)25-26(21(2,3)4,18-13-9-7-10-14-18)19-15-11-8-12-16-19/h7-17H,1-6H3. The van der Waals surface area contributed by atoms with Crippen LogP contribution in [0.15, 0.2) is 60.7 Å². The van der Waals surface area contributed by atoms with Gasteiger partial charge in [0.2, 0.25) is 0 Å². The van der Waals surface area contributed by atoms with Gasteiger partial charge in [-0.25, -0.2) is 5.06 Å². The zero-order valence-electron chi connectivity index (χ0n) is 16.5. The van der Waals surface area contributed by atoms with Crippen LogP contribution in [0.2, 0.25) is 5.04 Å². The van der Waals surface area contributed by atoms with Gasteiger partial charge >= 0.3 is 0 Å². The number of hydrogen-bond acceptors (Lipinski definition) is 3. The molecule has 0 spiro atoms. The number of carbonyl (C=O) groups excluding carboxylic acids is 1. The summed E-state index contributed by atoms with van der Waals surface area (Å²) in [4.78, 5) is 17.7. The van der Waals surface area contributed by atoms with E-state index in [1.807, 2.05) is 36.4 Å². The maximum atomic E-state index is 12.6. The highest BCUT2D eigenvalue weighted by Crippen LogP contribution is 2.37. The fraction of sp³-hybridized carbons (Fsp3) is 0.381. The third-order valence-corrected chi connectivity index (χ3v) is 9.81. The molecule has 140 valence electrons. The first-order valence-corrected chi connectivity index (χ1v) is 10.8. The van der Waals surface area contributed by atoms with Crippen molar-refractivity contribution < 1.29 is 14.1 Å². The lowest BCUT2D eigenvalue weighted by Crippen LogP contribution is -2.68. The monoisotopic (exact) mass is 371 g/mol. The first-order chi connectivity index (χ1) is 12.2. The lowest BCUT2D eigenvalue weighted by molar-refractivity contribution is -0.176. The van der Waals surface area contributed by atoms with Crippen molar-refractivity contribution in [3.8, 4) is 0 Å². The molecule has 0 radical (unpaired) electrons. The Morgan fingerprint density at radius 2 is 1.38 bits per heavy atom. The number of carbonyl (C=O) groups is 1. The van der Waals surface area contributed by atoms with E-state index in [0.29, 0.717) is 0 Å². The normalized spacial score (nSPS) is 13.3. The molecule has 0 fully saturated rings. The largest absolute Gasteiger partial charge is 0.396 e. The lowest BCUT2D eigenvalue weighted by Gasteiger charge is -2.44. The van der Waals surface area contributed by atoms with Gasteiger partial charge in [0.25, 0.3) is 14.2 Å². The molecule has 0 saturated carbocycles. The van der Waals surface area contributed by atoms with Crippen LogP contribution in [0.4, 0.5) is 0 Å². The van der Waals surface area contributed by atoms with Crippen molar-refractivity contribution >= 4 is 24.6 Å². The number of hydroxylamine groups is 2. The van der Waals surface area contributed by atoms with Crippen molar-refractivity contribution in [1.29, 1.82) is 0 Å². The van der Waals surface area contributed by atoms with Crippen LogP contribution in [0.1, 0.15) is 27.7 Å². The molecule has 0 N–H and O–H groups in total. The van der Waals surface area contributed by atoms with Gasteiger partial charge in [-0.05, 0) is 22.3 Å². The van der Waals surface area contributed by atoms with Crippen molar-refractivity contribution in [1.82, 2.24) is 5.06 Å². The van der Waals surface area contributed by atoms with Crippen molar-refractivity contribution in [3.63, 3.8) is 0 Å². The number of amides is 1. The van der Waals surface area contributed by atoms with E-state index in [0.717, 1.165) is 10.4 Å². The Morgan fingerprint density at radius 1 is 0.962 bits per heavy atom. The molecule has 0 aromatic heterocycles. The van der Waals surface area contributed by atoms with E-state index >= 15 is 0 Å². The van der Waals surface area contributed by atoms with Crippen LogP contribution in [0.5, 0.6) is 0 Å². The van der Waals surface area contributed by atoms with Gasteiger partial charge in [0, 0.05) is 7.05 Å². The summed E-state index contributed by atoms with van der Waals surface area (Å²) in [5.74, 6) is -0.194. The minimum absolute atomic E-state index is 0.171. The molecule has 1 unspecified atom stereocenters. The molecule has 0 heterocycles. The third kappa shape index (κ3) is 3.90. The Balaban J connectivity index is 2.63. The second-order valence-electron chi connectivity index (χ2n) is 7.44. The van der Waals surface area contributed by atoms with Crippen LogP contribution < -0.4 is 10.4 Å². The van der Waals surface area contributed by atoms with E-state index in [1.165, 1.54) is 12.2 Å². The summed E-state index contributed by atoms with van der Waals surface area (Å²) in [6, 6.07) is 20.6. The van der Waals surface area contributed by atoms with E-state index in [1.54, 1.807) is 14.0 Å². The summed E-state index contributed by atoms with van der Waals surface area (Å²) in [6.45, 7) is 8.38. The summed E-state index contributed by atoms with van der Waals surface area (Å²) in [6.07, 6.45) is -0.619. The minimum Gasteiger partial charge on any atom is -0.396 e. The predicted molar refractivity (Wildman–Crippen MR) is 108 cm³/mol. The van der Waals surface area contributed by atoms with Crippen LogP contribution in [-0.4, -0.2) is 39.5 Å². The second-order valence-corrected chi connectivity index (χ2v) is 11.7. The quantitative estimate of drug-likeness (QED) is 0.579. The molecule has 0 bridgehead atoms. The molecule has 1 amide bonds. The summed E-state index contributed by atoms with van der Waals surface area (Å²) in [7, 11) is 0.347. The molecule has 0 aliphatic heterocycles. The van der Waals surface area contributed by atoms with E-state index < -0.39 is 14.4 Å². The van der Waals surface area contributed by atoms with Gasteiger partial charge in [0.1, 0.15) is 6.10 Å². The summed E-state index contributed by atoms with van der Waals surface area (Å²) in [5.41, 5.74) is 0. The molecule has 0 saturated heterocycles. The zero-order valence-corrected chi connectivity index (χ0v) is 17.5. The van der Waals surface area contributed by atoms with Crippen LogP contribution >= 0.6 is 0 Å². The Labute approximate surface area is 157 Å². The fourth-order valence-corrected chi connectivity index (χ4v) is 8.00. The Hall–Kier alpha value is -1.95. The first-order valence-electron chi connectivity index (χ1n) is 8.84. The third-order valence-electron chi connectivity index (χ3n) is 4.70. The van der Waals surface area contributed by atoms with Crippen molar-refractivity contribution in [2.45, 2.75) is 38.8 Å². The molecule has 2 aromatic rings. The number of benzene rings is 2. The molecular formula is C21H29NO3Si. The fourth-order valence-electron chi connectivity index (χ4n) is 3.35. The van der Waals surface area contributed by atoms with Gasteiger partial charge in [0.15, 0.2) is 0 Å². The van der Waals surface area contributed by atoms with E-state index in [4.69, 9.17) is 9.26 Å². The Morgan fingerprint density at radius 3 is 1.73 bits per heavy atom. The molecule has 5 heteroatoms. The van der Waals surface area contributed by atoms with Gasteiger partial charge in [-0.15, -0.1) is 0 Å². The summed E-state index contributed by atoms with van der Waals surface area (Å²) >= 11 is 0. The van der Waals surface area contributed by atoms with Gasteiger partial charge in [-0.1, -0.05) is 81.4 Å². The van der Waals surface area contributed by atoms with Crippen LogP contribution in [0.25, 0.3) is 0 Å². The lowest BCUT2D eigenvalue weighted by atomic mass is 10.2. The molecule has 0 aliphatic rings. The van der Waals surface area contributed by atoms with Crippen molar-refractivity contribution in [2.75, 3.05) is 14.2 Å². The second kappa shape index (κ2) is 8.16. The summed E-state index contributed by atoms with van der Waals surface area (Å²) < 4.78 is 6.73. The first kappa shape index (κ1) is 20.4. The highest BCUT2D eigenvalue weighted by Gasteiger charge is 2.51. The highest BCUT2D eigenvalue weighted by atomic mass is 28.4. The Bertz CT molecular complexity index is 674. The predicted octanol–water partition coefficient (Wildman–Crippen LogP) is 2.97. The SMILES string of the molecule is CON(C)C(=O)C(C)O[Si](c1ccccc1)(c1ccccc1)C(C)(C)C.